The fourth-order valence-corrected chi connectivity index (χ4v) is 0. The molecule has 0 fully saturated rings. The van der Waals surface area contributed by atoms with Crippen molar-refractivity contribution in [1.82, 2.24) is 0 Å². The molecule has 0 aliphatic carbocycles. The molecule has 0 rings (SSSR count). The van der Waals surface area contributed by atoms with E-state index in [2.05, 4.69) is 0 Å². The Morgan fingerprint density at radius 3 is 0.538 bits per heavy atom. The summed E-state index contributed by atoms with van der Waals surface area (Å²) in [5.41, 5.74) is 0. The van der Waals surface area contributed by atoms with Gasteiger partial charge in [0.05, 0.1) is 0 Å². The van der Waals surface area contributed by atoms with Crippen LogP contribution in [0.4, 0.5) is 0 Å². The zero-order valence-corrected chi connectivity index (χ0v) is 11.6. The van der Waals surface area contributed by atoms with Gasteiger partial charge in [-0.3, -0.25) is 9.90 Å². The molecule has 0 saturated carbocycles. The molecule has 0 radical (unpaired) electrons. The first-order chi connectivity index (χ1) is 5.20. The van der Waals surface area contributed by atoms with Crippen molar-refractivity contribution < 1.29 is 86.7 Å². The first kappa shape index (κ1) is 23.9. The van der Waals surface area contributed by atoms with Crippen molar-refractivity contribution in [3.63, 3.8) is 0 Å². The summed E-state index contributed by atoms with van der Waals surface area (Å²) >= 11 is -12.6. The minimum Gasteiger partial charge on any atom is -0.295 e. The molecule has 13 heavy (non-hydrogen) atoms. The predicted molar refractivity (Wildman–Crippen MR) is 19.4 cm³/mol. The van der Waals surface area contributed by atoms with Crippen molar-refractivity contribution in [2.45, 2.75) is 0 Å². The summed E-state index contributed by atoms with van der Waals surface area (Å²) in [5.74, 6) is 0. The van der Waals surface area contributed by atoms with Crippen LogP contribution in [0.2, 0.25) is 0 Å². The van der Waals surface area contributed by atoms with Crippen LogP contribution in [0, 0.1) is 0 Å². The van der Waals surface area contributed by atoms with E-state index in [1.807, 2.05) is 0 Å². The van der Waals surface area contributed by atoms with Gasteiger partial charge in [0.1, 0.15) is 0 Å². The Labute approximate surface area is 95.6 Å². The van der Waals surface area contributed by atoms with Crippen molar-refractivity contribution in [2.75, 3.05) is 0 Å². The maximum atomic E-state index is 8.60. The number of hydrogen-bond acceptors (Lipinski definition) is 9. The zero-order chi connectivity index (χ0) is 10.7. The maximum absolute atomic E-state index is 8.60. The van der Waals surface area contributed by atoms with Gasteiger partial charge in [0.25, 0.3) is 0 Å². The van der Waals surface area contributed by atoms with Gasteiger partial charge >= 0.3 is 86.7 Å². The monoisotopic (exact) mass is 460 g/mol. The Hall–Kier alpha value is 1.33. The van der Waals surface area contributed by atoms with Gasteiger partial charge < -0.3 is 0 Å². The molecule has 0 aliphatic rings. The fourth-order valence-electron chi connectivity index (χ4n) is 0. The molecule has 9 nitrogen and oxygen atoms in total. The van der Waals surface area contributed by atoms with Gasteiger partial charge in [0.2, 0.25) is 0 Å². The first-order valence-corrected chi connectivity index (χ1v) is 9.72. The Morgan fingerprint density at radius 1 is 0.538 bits per heavy atom. The van der Waals surface area contributed by atoms with Crippen LogP contribution in [0.1, 0.15) is 0 Å². The zero-order valence-electron chi connectivity index (χ0n) is 5.02. The normalized spacial score (nSPS) is 5.77. The van der Waals surface area contributed by atoms with Crippen LogP contribution in [-0.4, -0.2) is 0 Å². The molecular formula is H6Nb3O9P. The Balaban J connectivity index is -0.0000000450. The van der Waals surface area contributed by atoms with E-state index in [-0.39, 0.29) is 9.90 Å². The molecule has 0 saturated heterocycles. The van der Waals surface area contributed by atoms with Gasteiger partial charge in [-0.05, 0) is 0 Å². The first-order valence-electron chi connectivity index (χ1n) is 1.64. The summed E-state index contributed by atoms with van der Waals surface area (Å²) in [4.78, 5) is 0. The van der Waals surface area contributed by atoms with Crippen LogP contribution >= 0.6 is 9.90 Å². The second kappa shape index (κ2) is 19.0. The van der Waals surface area contributed by atoms with E-state index in [0.717, 1.165) is 0 Å². The molecule has 0 aromatic heterocycles. The molecule has 13 heteroatoms. The van der Waals surface area contributed by atoms with Crippen molar-refractivity contribution >= 4 is 9.90 Å². The Morgan fingerprint density at radius 2 is 0.538 bits per heavy atom. The second-order valence-electron chi connectivity index (χ2n) is 0.671. The maximum Gasteiger partial charge on any atom is -0.295 e. The van der Waals surface area contributed by atoms with Crippen molar-refractivity contribution in [3.8, 4) is 0 Å². The molecule has 0 aromatic rings. The van der Waals surface area contributed by atoms with E-state index in [4.69, 9.17) is 30.3 Å². The smallest absolute Gasteiger partial charge is 0.295 e. The summed E-state index contributed by atoms with van der Waals surface area (Å²) in [6.07, 6.45) is 0. The van der Waals surface area contributed by atoms with Gasteiger partial charge in [-0.2, -0.15) is 0 Å². The van der Waals surface area contributed by atoms with Crippen LogP contribution in [0.5, 0.6) is 0 Å². The van der Waals surface area contributed by atoms with Crippen LogP contribution in [0.15, 0.2) is 0 Å². The molecule has 0 amide bonds. The van der Waals surface area contributed by atoms with E-state index in [1.54, 1.807) is 0 Å². The van der Waals surface area contributed by atoms with Crippen LogP contribution in [0.3, 0.4) is 0 Å². The second-order valence-corrected chi connectivity index (χ2v) is 3.97. The third-order valence-corrected chi connectivity index (χ3v) is 0. The topological polar surface area (TPSA) is 172 Å². The van der Waals surface area contributed by atoms with Gasteiger partial charge in [-0.1, -0.05) is 0 Å². The van der Waals surface area contributed by atoms with Gasteiger partial charge in [0, 0.05) is 0 Å². The third kappa shape index (κ3) is 966. The minimum atomic E-state index is -4.20. The quantitative estimate of drug-likeness (QED) is 0.254. The molecule has 0 N–H and O–H groups in total. The fraction of sp³-hybridized carbons (Fsp3) is 0. The summed E-state index contributed by atoms with van der Waals surface area (Å²) in [6, 6.07) is 0. The van der Waals surface area contributed by atoms with Gasteiger partial charge in [-0.15, -0.1) is 0 Å². The van der Waals surface area contributed by atoms with Gasteiger partial charge in [-0.25, -0.2) is 0 Å². The molecule has 0 unspecified atom stereocenters. The molecule has 0 aliphatic heterocycles. The van der Waals surface area contributed by atoms with Crippen molar-refractivity contribution in [2.24, 2.45) is 0 Å². The summed E-state index contributed by atoms with van der Waals surface area (Å²) in [6.45, 7) is 0. The minimum absolute atomic E-state index is 0. The molecule has 0 heterocycles. The van der Waals surface area contributed by atoms with Crippen LogP contribution in [-0.2, 0) is 75.9 Å². The van der Waals surface area contributed by atoms with Crippen molar-refractivity contribution in [3.05, 3.63) is 0 Å². The summed E-state index contributed by atoms with van der Waals surface area (Å²) in [5, 5.41) is 0. The van der Waals surface area contributed by atoms with Crippen LogP contribution < -0.4 is 10.8 Å². The van der Waals surface area contributed by atoms with E-state index in [0.29, 0.717) is 0 Å². The molecular weight excluding hydrogens is 454 g/mol. The summed E-state index contributed by atoms with van der Waals surface area (Å²) < 4.78 is 77.4. The van der Waals surface area contributed by atoms with Crippen molar-refractivity contribution in [1.29, 1.82) is 0 Å². The molecule has 0 aromatic carbocycles. The van der Waals surface area contributed by atoms with E-state index in [1.165, 1.54) is 0 Å². The molecule has 0 atom stereocenters. The average Bonchev–Trinajstić information content (AvgIpc) is 1.54. The van der Waals surface area contributed by atoms with E-state index in [9.17, 15) is 0 Å². The van der Waals surface area contributed by atoms with E-state index < -0.39 is 56.4 Å². The standard InChI is InChI=1S/3Nb.9O.H6P/h;;;;;;;;;;;;1H6/q;;;;;;;;;3*-1;+3. The molecule has 0 bridgehead atoms. The number of rotatable bonds is 0. The molecule has 80 valence electrons. The number of hydrogen-bond donors (Lipinski definition) is 0. The summed E-state index contributed by atoms with van der Waals surface area (Å²) in [7, 11) is 0. The van der Waals surface area contributed by atoms with Gasteiger partial charge in [0.15, 0.2) is 0 Å². The van der Waals surface area contributed by atoms with Crippen LogP contribution in [0.25, 0.3) is 0 Å². The Kier molecular flexibility index (Phi) is 34.9. The third-order valence-electron chi connectivity index (χ3n) is 0. The SMILES string of the molecule is [O]=[Nb](=[O])[O-].[O]=[Nb](=[O])[O-].[O]=[Nb](=[O])[O-].[PH6+3]. The Bertz CT molecular complexity index is 208. The average molecular weight is 460 g/mol. The largest absolute Gasteiger partial charge is 0.295 e. The predicted octanol–water partition coefficient (Wildman–Crippen LogP) is -5.03. The molecule has 0 spiro atoms. The van der Waals surface area contributed by atoms with E-state index >= 15 is 0 Å².